The van der Waals surface area contributed by atoms with Gasteiger partial charge in [-0.25, -0.2) is 8.42 Å². The first-order valence-electron chi connectivity index (χ1n) is 5.33. The Morgan fingerprint density at radius 2 is 2.17 bits per heavy atom. The van der Waals surface area contributed by atoms with Gasteiger partial charge < -0.3 is 15.8 Å². The summed E-state index contributed by atoms with van der Waals surface area (Å²) in [5.41, 5.74) is 5.21. The van der Waals surface area contributed by atoms with Gasteiger partial charge in [-0.15, -0.1) is 0 Å². The SMILES string of the molecule is COc1cccc(S(=O)(=O)CC(=O)NCCN)c1. The van der Waals surface area contributed by atoms with Crippen molar-refractivity contribution >= 4 is 15.7 Å². The molecular weight excluding hydrogens is 256 g/mol. The Hall–Kier alpha value is -1.60. The Morgan fingerprint density at radius 1 is 1.44 bits per heavy atom. The Bertz CT molecular complexity index is 514. The summed E-state index contributed by atoms with van der Waals surface area (Å²) >= 11 is 0. The Morgan fingerprint density at radius 3 is 2.78 bits per heavy atom. The zero-order valence-corrected chi connectivity index (χ0v) is 10.9. The van der Waals surface area contributed by atoms with E-state index in [2.05, 4.69) is 5.32 Å². The van der Waals surface area contributed by atoms with E-state index in [1.807, 2.05) is 0 Å². The lowest BCUT2D eigenvalue weighted by Crippen LogP contribution is -2.33. The fourth-order valence-corrected chi connectivity index (χ4v) is 2.51. The smallest absolute Gasteiger partial charge is 0.235 e. The molecule has 100 valence electrons. The summed E-state index contributed by atoms with van der Waals surface area (Å²) in [5.74, 6) is -0.734. The van der Waals surface area contributed by atoms with E-state index in [-0.39, 0.29) is 18.0 Å². The summed E-state index contributed by atoms with van der Waals surface area (Å²) in [6.45, 7) is 0.525. The van der Waals surface area contributed by atoms with Crippen LogP contribution in [0.2, 0.25) is 0 Å². The monoisotopic (exact) mass is 272 g/mol. The van der Waals surface area contributed by atoms with Gasteiger partial charge in [0, 0.05) is 13.1 Å². The first-order valence-corrected chi connectivity index (χ1v) is 6.98. The second-order valence-electron chi connectivity index (χ2n) is 3.58. The maximum absolute atomic E-state index is 11.9. The highest BCUT2D eigenvalue weighted by molar-refractivity contribution is 7.92. The Kier molecular flexibility index (Phi) is 5.11. The fraction of sp³-hybridized carbons (Fsp3) is 0.364. The number of carbonyl (C=O) groups excluding carboxylic acids is 1. The van der Waals surface area contributed by atoms with Crippen LogP contribution in [-0.2, 0) is 14.6 Å². The van der Waals surface area contributed by atoms with Crippen molar-refractivity contribution in [3.8, 4) is 5.75 Å². The van der Waals surface area contributed by atoms with E-state index in [0.717, 1.165) is 0 Å². The van der Waals surface area contributed by atoms with Crippen molar-refractivity contribution in [2.24, 2.45) is 5.73 Å². The van der Waals surface area contributed by atoms with E-state index in [9.17, 15) is 13.2 Å². The Balaban J connectivity index is 2.82. The van der Waals surface area contributed by atoms with Crippen molar-refractivity contribution in [1.82, 2.24) is 5.32 Å². The van der Waals surface area contributed by atoms with Crippen molar-refractivity contribution in [1.29, 1.82) is 0 Å². The second kappa shape index (κ2) is 6.36. The number of nitrogens with one attached hydrogen (secondary N) is 1. The minimum Gasteiger partial charge on any atom is -0.497 e. The highest BCUT2D eigenvalue weighted by Gasteiger charge is 2.19. The van der Waals surface area contributed by atoms with Gasteiger partial charge in [0.05, 0.1) is 12.0 Å². The molecule has 6 nitrogen and oxygen atoms in total. The van der Waals surface area contributed by atoms with Crippen LogP contribution >= 0.6 is 0 Å². The summed E-state index contributed by atoms with van der Waals surface area (Å²) in [6, 6.07) is 6.00. The van der Waals surface area contributed by atoms with Crippen LogP contribution in [0.25, 0.3) is 0 Å². The van der Waals surface area contributed by atoms with Gasteiger partial charge in [-0.3, -0.25) is 4.79 Å². The lowest BCUT2D eigenvalue weighted by atomic mass is 10.3. The van der Waals surface area contributed by atoms with Crippen LogP contribution in [0.5, 0.6) is 5.75 Å². The molecule has 0 fully saturated rings. The zero-order chi connectivity index (χ0) is 13.6. The lowest BCUT2D eigenvalue weighted by molar-refractivity contribution is -0.118. The van der Waals surface area contributed by atoms with E-state index in [1.54, 1.807) is 12.1 Å². The number of sulfone groups is 1. The molecule has 0 atom stereocenters. The maximum Gasteiger partial charge on any atom is 0.235 e. The predicted molar refractivity (Wildman–Crippen MR) is 67.1 cm³/mol. The predicted octanol–water partition coefficient (Wildman–Crippen LogP) is -0.456. The molecule has 0 spiro atoms. The van der Waals surface area contributed by atoms with E-state index >= 15 is 0 Å². The number of carbonyl (C=O) groups is 1. The third kappa shape index (κ3) is 4.01. The molecule has 0 aliphatic heterocycles. The van der Waals surface area contributed by atoms with E-state index in [4.69, 9.17) is 10.5 Å². The van der Waals surface area contributed by atoms with E-state index in [1.165, 1.54) is 19.2 Å². The van der Waals surface area contributed by atoms with Crippen molar-refractivity contribution in [3.63, 3.8) is 0 Å². The molecule has 0 unspecified atom stereocenters. The molecule has 1 aromatic rings. The van der Waals surface area contributed by atoms with Gasteiger partial charge in [-0.1, -0.05) is 6.07 Å². The minimum atomic E-state index is -3.66. The van der Waals surface area contributed by atoms with Crippen LogP contribution in [0.4, 0.5) is 0 Å². The lowest BCUT2D eigenvalue weighted by Gasteiger charge is -2.06. The molecule has 0 radical (unpaired) electrons. The summed E-state index contributed by atoms with van der Waals surface area (Å²) in [7, 11) is -2.21. The topological polar surface area (TPSA) is 98.5 Å². The standard InChI is InChI=1S/C11H16N2O4S/c1-17-9-3-2-4-10(7-9)18(15,16)8-11(14)13-6-5-12/h2-4,7H,5-6,8,12H2,1H3,(H,13,14). The molecule has 0 heterocycles. The van der Waals surface area contributed by atoms with Gasteiger partial charge >= 0.3 is 0 Å². The molecule has 1 aromatic carbocycles. The molecule has 1 rings (SSSR count). The summed E-state index contributed by atoms with van der Waals surface area (Å²) in [6.07, 6.45) is 0. The number of nitrogens with two attached hydrogens (primary N) is 1. The number of amides is 1. The number of benzene rings is 1. The van der Waals surface area contributed by atoms with E-state index < -0.39 is 21.5 Å². The van der Waals surface area contributed by atoms with Crippen LogP contribution in [-0.4, -0.2) is 40.3 Å². The molecule has 0 bridgehead atoms. The fourth-order valence-electron chi connectivity index (χ4n) is 1.31. The van der Waals surface area contributed by atoms with Crippen LogP contribution in [0.1, 0.15) is 0 Å². The average Bonchev–Trinajstić information content (AvgIpc) is 2.36. The molecule has 0 aliphatic rings. The normalized spacial score (nSPS) is 11.0. The highest BCUT2D eigenvalue weighted by Crippen LogP contribution is 2.17. The zero-order valence-electron chi connectivity index (χ0n) is 10.0. The molecule has 7 heteroatoms. The van der Waals surface area contributed by atoms with Gasteiger partial charge in [0.2, 0.25) is 5.91 Å². The minimum absolute atomic E-state index is 0.0600. The maximum atomic E-state index is 11.9. The van der Waals surface area contributed by atoms with Crippen LogP contribution < -0.4 is 15.8 Å². The highest BCUT2D eigenvalue weighted by atomic mass is 32.2. The number of methoxy groups -OCH3 is 1. The van der Waals surface area contributed by atoms with Gasteiger partial charge in [-0.2, -0.15) is 0 Å². The molecule has 1 amide bonds. The number of hydrogen-bond acceptors (Lipinski definition) is 5. The number of hydrogen-bond donors (Lipinski definition) is 2. The van der Waals surface area contributed by atoms with Gasteiger partial charge in [0.25, 0.3) is 0 Å². The third-order valence-corrected chi connectivity index (χ3v) is 3.80. The summed E-state index contributed by atoms with van der Waals surface area (Å²) < 4.78 is 28.8. The van der Waals surface area contributed by atoms with Gasteiger partial charge in [-0.05, 0) is 18.2 Å². The summed E-state index contributed by atoms with van der Waals surface area (Å²) in [5, 5.41) is 2.41. The first kappa shape index (κ1) is 14.5. The van der Waals surface area contributed by atoms with E-state index in [0.29, 0.717) is 5.75 Å². The molecule has 0 aromatic heterocycles. The average molecular weight is 272 g/mol. The third-order valence-electron chi connectivity index (χ3n) is 2.19. The Labute approximate surface area is 106 Å². The van der Waals surface area contributed by atoms with Crippen molar-refractivity contribution in [3.05, 3.63) is 24.3 Å². The van der Waals surface area contributed by atoms with Crippen molar-refractivity contribution < 1.29 is 17.9 Å². The second-order valence-corrected chi connectivity index (χ2v) is 5.57. The largest absolute Gasteiger partial charge is 0.497 e. The molecule has 3 N–H and O–H groups in total. The molecule has 0 saturated carbocycles. The molecule has 0 aliphatic carbocycles. The number of ether oxygens (including phenoxy) is 1. The quantitative estimate of drug-likeness (QED) is 0.730. The van der Waals surface area contributed by atoms with Gasteiger partial charge in [0.1, 0.15) is 11.5 Å². The van der Waals surface area contributed by atoms with Crippen LogP contribution in [0.15, 0.2) is 29.2 Å². The van der Waals surface area contributed by atoms with Crippen LogP contribution in [0, 0.1) is 0 Å². The molecule has 18 heavy (non-hydrogen) atoms. The van der Waals surface area contributed by atoms with Gasteiger partial charge in [0.15, 0.2) is 9.84 Å². The van der Waals surface area contributed by atoms with Crippen molar-refractivity contribution in [2.75, 3.05) is 26.0 Å². The first-order chi connectivity index (χ1) is 8.49. The number of rotatable bonds is 6. The molecular formula is C11H16N2O4S. The van der Waals surface area contributed by atoms with Crippen molar-refractivity contribution in [2.45, 2.75) is 4.90 Å². The molecule has 0 saturated heterocycles. The van der Waals surface area contributed by atoms with Crippen LogP contribution in [0.3, 0.4) is 0 Å². The summed E-state index contributed by atoms with van der Waals surface area (Å²) in [4.78, 5) is 11.4.